The van der Waals surface area contributed by atoms with Gasteiger partial charge < -0.3 is 15.0 Å². The van der Waals surface area contributed by atoms with E-state index in [4.69, 9.17) is 4.74 Å². The summed E-state index contributed by atoms with van der Waals surface area (Å²) in [4.78, 5) is 27.5. The molecular formula is C25H32N2O3. The molecule has 2 aromatic rings. The van der Waals surface area contributed by atoms with E-state index in [1.165, 1.54) is 5.56 Å². The number of nitrogens with one attached hydrogen (secondary N) is 1. The number of amides is 2. The van der Waals surface area contributed by atoms with Crippen molar-refractivity contribution in [3.8, 4) is 5.75 Å². The van der Waals surface area contributed by atoms with Gasteiger partial charge in [0.2, 0.25) is 5.91 Å². The van der Waals surface area contributed by atoms with Crippen LogP contribution in [0, 0.1) is 0 Å². The lowest BCUT2D eigenvalue weighted by Crippen LogP contribution is -2.50. The lowest BCUT2D eigenvalue weighted by Gasteiger charge is -2.29. The van der Waals surface area contributed by atoms with Gasteiger partial charge in [-0.25, -0.2) is 0 Å². The second-order valence-corrected chi connectivity index (χ2v) is 7.96. The lowest BCUT2D eigenvalue weighted by atomic mass is 10.1. The van der Waals surface area contributed by atoms with Crippen molar-refractivity contribution >= 4 is 11.8 Å². The largest absolute Gasteiger partial charge is 0.484 e. The van der Waals surface area contributed by atoms with Crippen molar-refractivity contribution in [1.82, 2.24) is 10.2 Å². The van der Waals surface area contributed by atoms with Crippen LogP contribution < -0.4 is 10.1 Å². The summed E-state index contributed by atoms with van der Waals surface area (Å²) < 4.78 is 5.73. The van der Waals surface area contributed by atoms with Crippen LogP contribution in [0.3, 0.4) is 0 Å². The predicted octanol–water partition coefficient (Wildman–Crippen LogP) is 4.10. The first-order valence-corrected chi connectivity index (χ1v) is 10.9. The van der Waals surface area contributed by atoms with Crippen molar-refractivity contribution < 1.29 is 14.3 Å². The summed E-state index contributed by atoms with van der Waals surface area (Å²) in [6.45, 7) is 4.16. The Morgan fingerprint density at radius 2 is 1.70 bits per heavy atom. The van der Waals surface area contributed by atoms with Crippen molar-refractivity contribution in [3.05, 3.63) is 65.7 Å². The number of rotatable bonds is 9. The third-order valence-electron chi connectivity index (χ3n) is 5.76. The zero-order valence-electron chi connectivity index (χ0n) is 18.0. The molecule has 0 aliphatic heterocycles. The molecule has 2 aromatic carbocycles. The van der Waals surface area contributed by atoms with Crippen LogP contribution >= 0.6 is 0 Å². The van der Waals surface area contributed by atoms with Gasteiger partial charge in [0.15, 0.2) is 6.61 Å². The maximum atomic E-state index is 13.0. The third kappa shape index (κ3) is 6.09. The molecule has 0 aromatic heterocycles. The van der Waals surface area contributed by atoms with E-state index in [0.29, 0.717) is 12.3 Å². The van der Waals surface area contributed by atoms with Crippen LogP contribution in [-0.4, -0.2) is 35.4 Å². The fraction of sp³-hybridized carbons (Fsp3) is 0.440. The van der Waals surface area contributed by atoms with Gasteiger partial charge in [-0.3, -0.25) is 9.59 Å². The van der Waals surface area contributed by atoms with Crippen molar-refractivity contribution in [3.63, 3.8) is 0 Å². The zero-order chi connectivity index (χ0) is 21.3. The molecule has 30 heavy (non-hydrogen) atoms. The van der Waals surface area contributed by atoms with Gasteiger partial charge in [0.05, 0.1) is 0 Å². The summed E-state index contributed by atoms with van der Waals surface area (Å²) in [6.07, 6.45) is 5.29. The van der Waals surface area contributed by atoms with Crippen LogP contribution in [0.15, 0.2) is 54.6 Å². The molecule has 0 saturated heterocycles. The average molecular weight is 409 g/mol. The van der Waals surface area contributed by atoms with Gasteiger partial charge in [0, 0.05) is 12.6 Å². The van der Waals surface area contributed by atoms with Gasteiger partial charge in [-0.2, -0.15) is 0 Å². The van der Waals surface area contributed by atoms with Gasteiger partial charge in [-0.1, -0.05) is 62.2 Å². The molecule has 0 unspecified atom stereocenters. The molecule has 0 spiro atoms. The molecule has 160 valence electrons. The SMILES string of the molecule is CCc1ccc(OCC(=O)N(Cc2ccccc2)[C@@H](C)C(=O)NC2CCCC2)cc1. The summed E-state index contributed by atoms with van der Waals surface area (Å²) in [7, 11) is 0. The number of carbonyl (C=O) groups excluding carboxylic acids is 2. The molecule has 5 nitrogen and oxygen atoms in total. The first-order chi connectivity index (χ1) is 14.6. The highest BCUT2D eigenvalue weighted by molar-refractivity contribution is 5.88. The minimum absolute atomic E-state index is 0.0979. The van der Waals surface area contributed by atoms with Crippen LogP contribution in [0.4, 0.5) is 0 Å². The predicted molar refractivity (Wildman–Crippen MR) is 118 cm³/mol. The van der Waals surface area contributed by atoms with Crippen molar-refractivity contribution in [2.75, 3.05) is 6.61 Å². The van der Waals surface area contributed by atoms with Crippen LogP contribution in [0.25, 0.3) is 0 Å². The van der Waals surface area contributed by atoms with Gasteiger partial charge in [0.1, 0.15) is 11.8 Å². The van der Waals surface area contributed by atoms with Gasteiger partial charge in [-0.05, 0) is 49.4 Å². The molecule has 3 rings (SSSR count). The molecular weight excluding hydrogens is 376 g/mol. The van der Waals surface area contributed by atoms with Crippen molar-refractivity contribution in [2.24, 2.45) is 0 Å². The van der Waals surface area contributed by atoms with Gasteiger partial charge in [-0.15, -0.1) is 0 Å². The minimum atomic E-state index is -0.565. The Bertz CT molecular complexity index is 814. The fourth-order valence-electron chi connectivity index (χ4n) is 3.80. The molecule has 5 heteroatoms. The third-order valence-corrected chi connectivity index (χ3v) is 5.76. The van der Waals surface area contributed by atoms with E-state index in [1.54, 1.807) is 11.8 Å². The summed E-state index contributed by atoms with van der Waals surface area (Å²) in [5.74, 6) is 0.356. The number of aryl methyl sites for hydroxylation is 1. The Morgan fingerprint density at radius 1 is 1.03 bits per heavy atom. The lowest BCUT2D eigenvalue weighted by molar-refractivity contribution is -0.142. The second-order valence-electron chi connectivity index (χ2n) is 7.96. The Balaban J connectivity index is 1.66. The molecule has 1 N–H and O–H groups in total. The summed E-state index contributed by atoms with van der Waals surface area (Å²) in [5.41, 5.74) is 2.20. The maximum Gasteiger partial charge on any atom is 0.261 e. The summed E-state index contributed by atoms with van der Waals surface area (Å²) in [5, 5.41) is 3.11. The average Bonchev–Trinajstić information content (AvgIpc) is 3.29. The van der Waals surface area contributed by atoms with E-state index < -0.39 is 6.04 Å². The molecule has 1 aliphatic carbocycles. The zero-order valence-corrected chi connectivity index (χ0v) is 18.0. The number of benzene rings is 2. The Hall–Kier alpha value is -2.82. The Morgan fingerprint density at radius 3 is 2.33 bits per heavy atom. The molecule has 0 radical (unpaired) electrons. The van der Waals surface area contributed by atoms with Crippen LogP contribution in [0.5, 0.6) is 5.75 Å². The van der Waals surface area contributed by atoms with E-state index >= 15 is 0 Å². The first-order valence-electron chi connectivity index (χ1n) is 10.9. The highest BCUT2D eigenvalue weighted by Gasteiger charge is 2.28. The van der Waals surface area contributed by atoms with Crippen molar-refractivity contribution in [2.45, 2.75) is 64.6 Å². The van der Waals surface area contributed by atoms with E-state index in [9.17, 15) is 9.59 Å². The molecule has 1 atom stereocenters. The van der Waals surface area contributed by atoms with Gasteiger partial charge in [0.25, 0.3) is 5.91 Å². The second kappa shape index (κ2) is 10.8. The molecule has 1 fully saturated rings. The Kier molecular flexibility index (Phi) is 7.89. The molecule has 1 saturated carbocycles. The highest BCUT2D eigenvalue weighted by Crippen LogP contribution is 2.19. The first kappa shape index (κ1) is 21.9. The van der Waals surface area contributed by atoms with E-state index in [-0.39, 0.29) is 24.5 Å². The summed E-state index contributed by atoms with van der Waals surface area (Å²) >= 11 is 0. The fourth-order valence-corrected chi connectivity index (χ4v) is 3.80. The number of nitrogens with zero attached hydrogens (tertiary/aromatic N) is 1. The maximum absolute atomic E-state index is 13.0. The van der Waals surface area contributed by atoms with E-state index in [0.717, 1.165) is 37.7 Å². The smallest absolute Gasteiger partial charge is 0.261 e. The number of hydrogen-bond donors (Lipinski definition) is 1. The summed E-state index contributed by atoms with van der Waals surface area (Å²) in [6, 6.07) is 17.2. The normalized spacial score (nSPS) is 14.9. The standard InChI is InChI=1S/C25H32N2O3/c1-3-20-13-15-23(16-14-20)30-18-24(28)27(17-21-9-5-4-6-10-21)19(2)25(29)26-22-11-7-8-12-22/h4-6,9-10,13-16,19,22H,3,7-8,11-12,17-18H2,1-2H3,(H,26,29)/t19-/m0/s1. The molecule has 2 amide bonds. The molecule has 0 bridgehead atoms. The Labute approximate surface area is 179 Å². The monoisotopic (exact) mass is 408 g/mol. The van der Waals surface area contributed by atoms with E-state index in [1.807, 2.05) is 54.6 Å². The van der Waals surface area contributed by atoms with Crippen LogP contribution in [0.2, 0.25) is 0 Å². The van der Waals surface area contributed by atoms with Crippen LogP contribution in [0.1, 0.15) is 50.7 Å². The topological polar surface area (TPSA) is 58.6 Å². The quantitative estimate of drug-likeness (QED) is 0.679. The van der Waals surface area contributed by atoms with E-state index in [2.05, 4.69) is 12.2 Å². The number of hydrogen-bond acceptors (Lipinski definition) is 3. The number of ether oxygens (including phenoxy) is 1. The van der Waals surface area contributed by atoms with Gasteiger partial charge >= 0.3 is 0 Å². The number of carbonyl (C=O) groups is 2. The minimum Gasteiger partial charge on any atom is -0.484 e. The molecule has 1 aliphatic rings. The highest BCUT2D eigenvalue weighted by atomic mass is 16.5. The van der Waals surface area contributed by atoms with Crippen molar-refractivity contribution in [1.29, 1.82) is 0 Å². The molecule has 0 heterocycles. The van der Waals surface area contributed by atoms with Crippen LogP contribution in [-0.2, 0) is 22.6 Å².